The normalized spacial score (nSPS) is 25.5. The molecule has 0 amide bonds. The highest BCUT2D eigenvalue weighted by Crippen LogP contribution is 2.37. The Balaban J connectivity index is 0.000000160. The third-order valence-electron chi connectivity index (χ3n) is 9.39. The van der Waals surface area contributed by atoms with Crippen molar-refractivity contribution < 1.29 is 39.6 Å². The van der Waals surface area contributed by atoms with Crippen molar-refractivity contribution in [3.8, 4) is 0 Å². The zero-order chi connectivity index (χ0) is 32.9. The van der Waals surface area contributed by atoms with Crippen molar-refractivity contribution in [3.05, 3.63) is 59.7 Å². The van der Waals surface area contributed by atoms with Crippen molar-refractivity contribution in [3.63, 3.8) is 0 Å². The molecule has 4 bridgehead atoms. The van der Waals surface area contributed by atoms with Crippen LogP contribution < -0.4 is 0 Å². The largest absolute Gasteiger partial charge is 0.744 e. The topological polar surface area (TPSA) is 138 Å². The zero-order valence-electron chi connectivity index (χ0n) is 26.6. The van der Waals surface area contributed by atoms with Crippen molar-refractivity contribution in [2.75, 3.05) is 28.3 Å². The Morgan fingerprint density at radius 3 is 1.48 bits per heavy atom. The van der Waals surface area contributed by atoms with E-state index >= 15 is 0 Å². The molecule has 4 aliphatic rings. The summed E-state index contributed by atoms with van der Waals surface area (Å²) in [6.07, 6.45) is 8.32. The van der Waals surface area contributed by atoms with Gasteiger partial charge >= 0.3 is 0 Å². The predicted molar refractivity (Wildman–Crippen MR) is 166 cm³/mol. The molecular weight excluding hydrogens is 604 g/mol. The smallest absolute Gasteiger partial charge is 0.296 e. The van der Waals surface area contributed by atoms with Crippen molar-refractivity contribution in [2.45, 2.75) is 99.2 Å². The first-order valence-electron chi connectivity index (χ1n) is 14.9. The Labute approximate surface area is 262 Å². The van der Waals surface area contributed by atoms with Crippen molar-refractivity contribution in [1.29, 1.82) is 0 Å². The Bertz CT molecular complexity index is 1470. The Kier molecular flexibility index (Phi) is 12.1. The van der Waals surface area contributed by atoms with E-state index < -0.39 is 20.2 Å². The monoisotopic (exact) mass is 650 g/mol. The maximum absolute atomic E-state index is 11.2. The van der Waals surface area contributed by atoms with Crippen LogP contribution in [0.15, 0.2) is 58.3 Å². The van der Waals surface area contributed by atoms with E-state index in [1.54, 1.807) is 24.3 Å². The molecule has 10 nitrogen and oxygen atoms in total. The molecule has 4 unspecified atom stereocenters. The summed E-state index contributed by atoms with van der Waals surface area (Å²) < 4.78 is 58.8. The van der Waals surface area contributed by atoms with Crippen LogP contribution in [-0.4, -0.2) is 94.8 Å². The third-order valence-corrected chi connectivity index (χ3v) is 11.5. The predicted octanol–water partition coefficient (Wildman–Crippen LogP) is 4.00. The lowest BCUT2D eigenvalue weighted by atomic mass is 10.00. The molecule has 0 aliphatic carbocycles. The number of benzene rings is 2. The van der Waals surface area contributed by atoms with Crippen LogP contribution in [0.4, 0.5) is 0 Å². The molecule has 0 spiro atoms. The van der Waals surface area contributed by atoms with Gasteiger partial charge in [-0.15, -0.1) is 0 Å². The van der Waals surface area contributed by atoms with Crippen LogP contribution in [0.3, 0.4) is 0 Å². The molecule has 2 aromatic rings. The van der Waals surface area contributed by atoms with E-state index in [4.69, 9.17) is 0 Å². The van der Waals surface area contributed by atoms with Gasteiger partial charge in [0.05, 0.1) is 55.9 Å². The molecule has 0 radical (unpaired) electrons. The Morgan fingerprint density at radius 2 is 1.09 bits per heavy atom. The summed E-state index contributed by atoms with van der Waals surface area (Å²) in [7, 11) is 0.0562. The van der Waals surface area contributed by atoms with Gasteiger partial charge in [-0.3, -0.25) is 18.7 Å². The van der Waals surface area contributed by atoms with E-state index in [1.165, 1.54) is 49.9 Å². The highest BCUT2D eigenvalue weighted by Gasteiger charge is 2.48. The maximum Gasteiger partial charge on any atom is 0.296 e. The number of rotatable bonds is 3. The van der Waals surface area contributed by atoms with E-state index in [-0.39, 0.29) is 9.79 Å². The van der Waals surface area contributed by atoms with Crippen LogP contribution in [0.5, 0.6) is 0 Å². The molecule has 2 aromatic carbocycles. The van der Waals surface area contributed by atoms with Crippen LogP contribution in [0.1, 0.15) is 62.5 Å². The number of piperidine rings is 2. The molecule has 0 aromatic heterocycles. The molecule has 4 fully saturated rings. The Morgan fingerprint density at radius 1 is 0.705 bits per heavy atom. The van der Waals surface area contributed by atoms with Crippen LogP contribution in [0, 0.1) is 13.8 Å². The van der Waals surface area contributed by atoms with Gasteiger partial charge in [0, 0.05) is 37.8 Å². The summed E-state index contributed by atoms with van der Waals surface area (Å²) >= 11 is 0. The van der Waals surface area contributed by atoms with E-state index in [9.17, 15) is 31.0 Å². The summed E-state index contributed by atoms with van der Waals surface area (Å²) in [6.45, 7) is 3.71. The first kappa shape index (κ1) is 36.0. The summed E-state index contributed by atoms with van der Waals surface area (Å²) in [4.78, 5) is 24.6. The van der Waals surface area contributed by atoms with Gasteiger partial charge in [-0.1, -0.05) is 35.4 Å². The van der Waals surface area contributed by atoms with Gasteiger partial charge in [0.1, 0.15) is 21.7 Å². The van der Waals surface area contributed by atoms with Gasteiger partial charge in [-0.05, 0) is 58.0 Å². The molecule has 4 heterocycles. The molecule has 4 aliphatic heterocycles. The van der Waals surface area contributed by atoms with Crippen LogP contribution in [0.2, 0.25) is 0 Å². The second kappa shape index (κ2) is 14.7. The van der Waals surface area contributed by atoms with Crippen LogP contribution in [0.25, 0.3) is 0 Å². The number of aryl methyl sites for hydroxylation is 2. The van der Waals surface area contributed by atoms with E-state index in [1.807, 2.05) is 13.8 Å². The van der Waals surface area contributed by atoms with Crippen LogP contribution >= 0.6 is 0 Å². The SMILES string of the molecule is CN1C2CCC1CC(=O)C2.COS(=O)(=O)c1ccc(C)cc1.C[N+]1(C)C2CCC1CC(=O)C2.Cc1ccc(S(=O)(=O)[O-])cc1. The lowest BCUT2D eigenvalue weighted by molar-refractivity contribution is -0.926. The average molecular weight is 651 g/mol. The van der Waals surface area contributed by atoms with Crippen LogP contribution in [-0.2, 0) is 34.0 Å². The van der Waals surface area contributed by atoms with E-state index in [0.29, 0.717) is 35.7 Å². The van der Waals surface area contributed by atoms with Gasteiger partial charge in [0.15, 0.2) is 0 Å². The molecule has 6 rings (SSSR count). The number of ketones is 2. The van der Waals surface area contributed by atoms with Crippen molar-refractivity contribution >= 4 is 31.8 Å². The fourth-order valence-electron chi connectivity index (χ4n) is 6.33. The minimum absolute atomic E-state index is 0.178. The number of carbonyl (C=O) groups excluding carboxylic acids is 2. The van der Waals surface area contributed by atoms with Gasteiger partial charge in [0.25, 0.3) is 10.1 Å². The number of nitrogens with zero attached hydrogens (tertiary/aromatic N) is 2. The highest BCUT2D eigenvalue weighted by molar-refractivity contribution is 7.86. The third kappa shape index (κ3) is 9.51. The molecule has 244 valence electrons. The second-order valence-electron chi connectivity index (χ2n) is 12.7. The lowest BCUT2D eigenvalue weighted by Gasteiger charge is -2.40. The van der Waals surface area contributed by atoms with Gasteiger partial charge in [-0.25, -0.2) is 8.42 Å². The summed E-state index contributed by atoms with van der Waals surface area (Å²) in [5.74, 6) is 0.973. The molecule has 44 heavy (non-hydrogen) atoms. The second-order valence-corrected chi connectivity index (χ2v) is 15.8. The summed E-state index contributed by atoms with van der Waals surface area (Å²) in [5, 5.41) is 0. The molecule has 0 saturated carbocycles. The van der Waals surface area contributed by atoms with Gasteiger partial charge < -0.3 is 9.04 Å². The summed E-state index contributed by atoms with van der Waals surface area (Å²) in [5.41, 5.74) is 1.95. The fourth-order valence-corrected chi connectivity index (χ4v) is 7.46. The first-order chi connectivity index (χ1) is 20.4. The lowest BCUT2D eigenvalue weighted by Crippen LogP contribution is -2.54. The van der Waals surface area contributed by atoms with E-state index in [2.05, 4.69) is 30.2 Å². The molecular formula is C32H46N2O8S2. The van der Waals surface area contributed by atoms with Gasteiger partial charge in [-0.2, -0.15) is 8.42 Å². The highest BCUT2D eigenvalue weighted by atomic mass is 32.2. The van der Waals surface area contributed by atoms with Gasteiger partial charge in [0.2, 0.25) is 0 Å². The fraction of sp³-hybridized carbons (Fsp3) is 0.562. The molecule has 0 N–H and O–H groups in total. The zero-order valence-corrected chi connectivity index (χ0v) is 28.2. The van der Waals surface area contributed by atoms with Crippen molar-refractivity contribution in [2.24, 2.45) is 0 Å². The van der Waals surface area contributed by atoms with E-state index in [0.717, 1.165) is 48.4 Å². The molecule has 4 saturated heterocycles. The number of Topliss-reactive ketones (excluding diaryl/α,β-unsaturated/α-hetero) is 2. The first-order valence-corrected chi connectivity index (χ1v) is 17.7. The maximum atomic E-state index is 11.2. The number of carbonyl (C=O) groups is 2. The minimum atomic E-state index is -4.27. The van der Waals surface area contributed by atoms with Crippen molar-refractivity contribution in [1.82, 2.24) is 4.90 Å². The summed E-state index contributed by atoms with van der Waals surface area (Å²) in [6, 6.07) is 14.7. The molecule has 12 heteroatoms. The standard InChI is InChI=1S/C9H16NO.C8H13NO.C8H10O3S.C7H8O3S/c1-10(2)7-3-4-8(10)6-9(11)5-7;1-9-6-2-3-7(9)5-8(10)4-6;1-7-3-5-8(6-4-7)12(9,10)11-2;1-6-2-4-7(5-3-6)11(8,9)10/h7-8H,3-6H2,1-2H3;6-7H,2-5H2,1H3;3-6H,1-2H3;2-5H,1H3,(H,8,9,10)/q+1;;;/p-1. The number of hydrogen-bond donors (Lipinski definition) is 0. The number of hydrogen-bond acceptors (Lipinski definition) is 9. The minimum Gasteiger partial charge on any atom is -0.744 e. The quantitative estimate of drug-likeness (QED) is 0.274. The average Bonchev–Trinajstić information content (AvgIpc) is 3.22. The Hall–Kier alpha value is -2.48. The number of quaternary nitrogens is 1. The molecule has 4 atom stereocenters. The number of fused-ring (bicyclic) bond motifs is 4.